The molecule has 0 radical (unpaired) electrons. The second kappa shape index (κ2) is 5.65. The van der Waals surface area contributed by atoms with Crippen LogP contribution in [-0.4, -0.2) is 20.4 Å². The fourth-order valence-electron chi connectivity index (χ4n) is 3.78. The summed E-state index contributed by atoms with van der Waals surface area (Å²) in [4.78, 5) is 0. The third-order valence-corrected chi connectivity index (χ3v) is 4.87. The van der Waals surface area contributed by atoms with E-state index in [9.17, 15) is 0 Å². The molecule has 3 nitrogen and oxygen atoms in total. The fourth-order valence-corrected chi connectivity index (χ4v) is 3.78. The van der Waals surface area contributed by atoms with Crippen LogP contribution in [0.15, 0.2) is 42.5 Å². The van der Waals surface area contributed by atoms with Crippen LogP contribution in [0.1, 0.15) is 41.4 Å². The van der Waals surface area contributed by atoms with Crippen LogP contribution in [0.4, 0.5) is 0 Å². The summed E-state index contributed by atoms with van der Waals surface area (Å²) in [6, 6.07) is 15.3. The molecule has 1 aliphatic heterocycles. The quantitative estimate of drug-likeness (QED) is 0.934. The van der Waals surface area contributed by atoms with Crippen LogP contribution in [0.2, 0.25) is 0 Å². The van der Waals surface area contributed by atoms with Crippen LogP contribution in [0.3, 0.4) is 0 Å². The molecule has 1 aliphatic carbocycles. The first-order valence-electron chi connectivity index (χ1n) is 8.00. The normalized spacial score (nSPS) is 21.9. The highest BCUT2D eigenvalue weighted by Crippen LogP contribution is 2.48. The maximum atomic E-state index is 5.55. The first kappa shape index (κ1) is 13.6. The maximum Gasteiger partial charge on any atom is 0.231 e. The number of ether oxygens (including phenoxy) is 2. The molecule has 0 spiro atoms. The SMILES string of the molecule is CNCC[C@@H]1C[C@H](c2ccc3c(c2)OCO3)c2ccccc21. The summed E-state index contributed by atoms with van der Waals surface area (Å²) in [5, 5.41) is 3.28. The molecule has 1 heterocycles. The van der Waals surface area contributed by atoms with E-state index in [4.69, 9.17) is 9.47 Å². The lowest BCUT2D eigenvalue weighted by atomic mass is 9.92. The molecule has 0 unspecified atom stereocenters. The minimum Gasteiger partial charge on any atom is -0.454 e. The predicted molar refractivity (Wildman–Crippen MR) is 86.8 cm³/mol. The van der Waals surface area contributed by atoms with E-state index >= 15 is 0 Å². The molecule has 2 atom stereocenters. The molecule has 2 aromatic rings. The van der Waals surface area contributed by atoms with E-state index in [1.807, 2.05) is 13.1 Å². The Hall–Kier alpha value is -2.00. The molecule has 0 aromatic heterocycles. The molecule has 22 heavy (non-hydrogen) atoms. The zero-order valence-corrected chi connectivity index (χ0v) is 12.8. The highest BCUT2D eigenvalue weighted by atomic mass is 16.7. The summed E-state index contributed by atoms with van der Waals surface area (Å²) in [5.74, 6) is 2.85. The second-order valence-electron chi connectivity index (χ2n) is 6.12. The first-order chi connectivity index (χ1) is 10.9. The average Bonchev–Trinajstić information content (AvgIpc) is 3.17. The van der Waals surface area contributed by atoms with Gasteiger partial charge in [0.25, 0.3) is 0 Å². The number of hydrogen-bond acceptors (Lipinski definition) is 3. The summed E-state index contributed by atoms with van der Waals surface area (Å²) in [5.41, 5.74) is 4.33. The van der Waals surface area contributed by atoms with Gasteiger partial charge in [-0.1, -0.05) is 30.3 Å². The van der Waals surface area contributed by atoms with E-state index in [1.54, 1.807) is 0 Å². The molecule has 0 bridgehead atoms. The van der Waals surface area contributed by atoms with Crippen LogP contribution in [0.25, 0.3) is 0 Å². The number of rotatable bonds is 4. The van der Waals surface area contributed by atoms with E-state index in [0.717, 1.165) is 18.0 Å². The summed E-state index contributed by atoms with van der Waals surface area (Å²) < 4.78 is 11.0. The Morgan fingerprint density at radius 3 is 2.73 bits per heavy atom. The summed E-state index contributed by atoms with van der Waals surface area (Å²) in [7, 11) is 2.02. The molecule has 0 fully saturated rings. The highest BCUT2D eigenvalue weighted by molar-refractivity contribution is 5.50. The fraction of sp³-hybridized carbons (Fsp3) is 0.368. The Bertz CT molecular complexity index is 683. The molecule has 3 heteroatoms. The predicted octanol–water partition coefficient (Wildman–Crippen LogP) is 3.64. The summed E-state index contributed by atoms with van der Waals surface area (Å²) in [6.45, 7) is 1.40. The molecular weight excluding hydrogens is 274 g/mol. The van der Waals surface area contributed by atoms with E-state index < -0.39 is 0 Å². The van der Waals surface area contributed by atoms with Crippen molar-refractivity contribution in [2.24, 2.45) is 0 Å². The van der Waals surface area contributed by atoms with Crippen LogP contribution < -0.4 is 14.8 Å². The molecular formula is C19H21NO2. The van der Waals surface area contributed by atoms with Gasteiger partial charge in [0.2, 0.25) is 6.79 Å². The molecule has 4 rings (SSSR count). The molecule has 2 aliphatic rings. The lowest BCUT2D eigenvalue weighted by Crippen LogP contribution is -2.11. The first-order valence-corrected chi connectivity index (χ1v) is 8.00. The molecule has 1 N–H and O–H groups in total. The Labute approximate surface area is 131 Å². The maximum absolute atomic E-state index is 5.55. The largest absolute Gasteiger partial charge is 0.454 e. The minimum absolute atomic E-state index is 0.338. The molecule has 114 valence electrons. The van der Waals surface area contributed by atoms with Gasteiger partial charge in [0.1, 0.15) is 0 Å². The number of hydrogen-bond donors (Lipinski definition) is 1. The molecule has 0 amide bonds. The van der Waals surface area contributed by atoms with Crippen LogP contribution in [0.5, 0.6) is 11.5 Å². The summed E-state index contributed by atoms with van der Waals surface area (Å²) >= 11 is 0. The number of fused-ring (bicyclic) bond motifs is 2. The Kier molecular flexibility index (Phi) is 3.51. The van der Waals surface area contributed by atoms with E-state index in [1.165, 1.54) is 29.5 Å². The number of nitrogens with one attached hydrogen (secondary N) is 1. The monoisotopic (exact) mass is 295 g/mol. The van der Waals surface area contributed by atoms with Crippen molar-refractivity contribution in [2.75, 3.05) is 20.4 Å². The van der Waals surface area contributed by atoms with Gasteiger partial charge in [0, 0.05) is 5.92 Å². The van der Waals surface area contributed by atoms with Gasteiger partial charge < -0.3 is 14.8 Å². The van der Waals surface area contributed by atoms with Crippen molar-refractivity contribution >= 4 is 0 Å². The second-order valence-corrected chi connectivity index (χ2v) is 6.12. The van der Waals surface area contributed by atoms with Crippen LogP contribution in [-0.2, 0) is 0 Å². The molecule has 0 saturated heterocycles. The Morgan fingerprint density at radius 1 is 1.05 bits per heavy atom. The van der Waals surface area contributed by atoms with Crippen molar-refractivity contribution in [3.8, 4) is 11.5 Å². The lowest BCUT2D eigenvalue weighted by Gasteiger charge is -2.13. The van der Waals surface area contributed by atoms with Gasteiger partial charge in [-0.25, -0.2) is 0 Å². The third kappa shape index (κ3) is 2.26. The van der Waals surface area contributed by atoms with E-state index in [0.29, 0.717) is 18.6 Å². The standard InChI is InChI=1S/C19H21NO2/c1-20-9-8-14-10-17(16-5-3-2-4-15(14)16)13-6-7-18-19(11-13)22-12-21-18/h2-7,11,14,17,20H,8-10,12H2,1H3/t14-,17-/m1/s1. The third-order valence-electron chi connectivity index (χ3n) is 4.87. The van der Waals surface area contributed by atoms with Gasteiger partial charge in [0.15, 0.2) is 11.5 Å². The van der Waals surface area contributed by atoms with Gasteiger partial charge in [0.05, 0.1) is 0 Å². The van der Waals surface area contributed by atoms with Crippen molar-refractivity contribution in [2.45, 2.75) is 24.7 Å². The smallest absolute Gasteiger partial charge is 0.231 e. The van der Waals surface area contributed by atoms with Crippen LogP contribution >= 0.6 is 0 Å². The van der Waals surface area contributed by atoms with Gasteiger partial charge in [-0.2, -0.15) is 0 Å². The van der Waals surface area contributed by atoms with Crippen molar-refractivity contribution in [3.63, 3.8) is 0 Å². The Morgan fingerprint density at radius 2 is 1.86 bits per heavy atom. The zero-order chi connectivity index (χ0) is 14.9. The minimum atomic E-state index is 0.338. The van der Waals surface area contributed by atoms with Crippen molar-refractivity contribution in [1.82, 2.24) is 5.32 Å². The van der Waals surface area contributed by atoms with Gasteiger partial charge in [-0.15, -0.1) is 0 Å². The number of benzene rings is 2. The van der Waals surface area contributed by atoms with E-state index in [-0.39, 0.29) is 0 Å². The topological polar surface area (TPSA) is 30.5 Å². The van der Waals surface area contributed by atoms with Crippen molar-refractivity contribution in [3.05, 3.63) is 59.2 Å². The van der Waals surface area contributed by atoms with Gasteiger partial charge in [-0.3, -0.25) is 0 Å². The average molecular weight is 295 g/mol. The van der Waals surface area contributed by atoms with Gasteiger partial charge >= 0.3 is 0 Å². The Balaban J connectivity index is 1.68. The zero-order valence-electron chi connectivity index (χ0n) is 12.8. The van der Waals surface area contributed by atoms with Crippen molar-refractivity contribution in [1.29, 1.82) is 0 Å². The lowest BCUT2D eigenvalue weighted by molar-refractivity contribution is 0.174. The highest BCUT2D eigenvalue weighted by Gasteiger charge is 2.31. The molecule has 0 saturated carbocycles. The van der Waals surface area contributed by atoms with Crippen LogP contribution in [0, 0.1) is 0 Å². The molecule has 2 aromatic carbocycles. The van der Waals surface area contributed by atoms with Crippen molar-refractivity contribution < 1.29 is 9.47 Å². The van der Waals surface area contributed by atoms with Gasteiger partial charge in [-0.05, 0) is 61.2 Å². The summed E-state index contributed by atoms with van der Waals surface area (Å²) in [6.07, 6.45) is 2.37. The van der Waals surface area contributed by atoms with E-state index in [2.05, 4.69) is 41.7 Å².